The van der Waals surface area contributed by atoms with Gasteiger partial charge < -0.3 is 20.9 Å². The molecule has 30 heavy (non-hydrogen) atoms. The van der Waals surface area contributed by atoms with Crippen LogP contribution < -0.4 is 16.0 Å². The Labute approximate surface area is 175 Å². The topological polar surface area (TPSA) is 98.9 Å². The highest BCUT2D eigenvalue weighted by Gasteiger charge is 2.18. The smallest absolute Gasteiger partial charge is 0.300 e. The van der Waals surface area contributed by atoms with Crippen LogP contribution in [-0.4, -0.2) is 29.3 Å². The van der Waals surface area contributed by atoms with Crippen molar-refractivity contribution in [3.8, 4) is 11.8 Å². The average Bonchev–Trinajstić information content (AvgIpc) is 3.46. The van der Waals surface area contributed by atoms with E-state index < -0.39 is 0 Å². The van der Waals surface area contributed by atoms with Crippen LogP contribution in [0.2, 0.25) is 0 Å². The van der Waals surface area contributed by atoms with Gasteiger partial charge in [-0.2, -0.15) is 0 Å². The number of hydrogen-bond donors (Lipinski definition) is 4. The van der Waals surface area contributed by atoms with Gasteiger partial charge >= 0.3 is 0 Å². The van der Waals surface area contributed by atoms with Crippen molar-refractivity contribution in [3.63, 3.8) is 0 Å². The number of aromatic amines is 1. The van der Waals surface area contributed by atoms with Crippen molar-refractivity contribution >= 4 is 29.0 Å². The van der Waals surface area contributed by atoms with Crippen LogP contribution >= 0.6 is 0 Å². The average molecular weight is 403 g/mol. The summed E-state index contributed by atoms with van der Waals surface area (Å²) in [6.45, 7) is 1.33. The number of nitrogens with zero attached hydrogens (tertiary/aromatic N) is 1. The molecule has 0 unspecified atom stereocenters. The second kappa shape index (κ2) is 10.8. The molecule has 7 heteroatoms. The molecule has 2 aromatic heterocycles. The Morgan fingerprint density at radius 2 is 2.13 bits per heavy atom. The molecular weight excluding hydrogens is 378 g/mol. The fraction of sp³-hybridized carbons (Fsp3) is 0.261. The maximum absolute atomic E-state index is 11.5. The van der Waals surface area contributed by atoms with Gasteiger partial charge in [-0.3, -0.25) is 9.59 Å². The number of aromatic nitrogens is 2. The summed E-state index contributed by atoms with van der Waals surface area (Å²) in [6, 6.07) is 11.4. The number of H-pyrrole nitrogens is 1. The maximum Gasteiger partial charge on any atom is 0.300 e. The van der Waals surface area contributed by atoms with E-state index in [1.54, 1.807) is 6.07 Å². The molecular formula is C23H25N5O2. The molecule has 1 fully saturated rings. The van der Waals surface area contributed by atoms with Crippen molar-refractivity contribution in [2.75, 3.05) is 12.4 Å². The van der Waals surface area contributed by atoms with Crippen LogP contribution in [0.5, 0.6) is 0 Å². The lowest BCUT2D eigenvalue weighted by Gasteiger charge is -2.04. The number of nitrogens with one attached hydrogen (secondary N) is 4. The number of hydrogen-bond acceptors (Lipinski definition) is 4. The Hall–Kier alpha value is -3.63. The van der Waals surface area contributed by atoms with Crippen molar-refractivity contribution in [2.24, 2.45) is 5.92 Å². The number of carbonyl (C=O) groups is 2. The highest BCUT2D eigenvalue weighted by atomic mass is 16.1. The lowest BCUT2D eigenvalue weighted by Crippen LogP contribution is -2.11. The molecule has 0 bridgehead atoms. The van der Waals surface area contributed by atoms with Gasteiger partial charge in [0.1, 0.15) is 5.65 Å². The van der Waals surface area contributed by atoms with Crippen LogP contribution in [0.1, 0.15) is 24.0 Å². The van der Waals surface area contributed by atoms with Crippen LogP contribution in [0.15, 0.2) is 48.8 Å². The largest absolute Gasteiger partial charge is 0.355 e. The molecule has 4 rings (SSSR count). The molecule has 0 spiro atoms. The Morgan fingerprint density at radius 3 is 2.90 bits per heavy atom. The van der Waals surface area contributed by atoms with E-state index in [4.69, 9.17) is 0 Å². The Balaban J connectivity index is 0.000000184. The van der Waals surface area contributed by atoms with E-state index in [1.807, 2.05) is 43.7 Å². The molecule has 2 amide bonds. The molecule has 0 atom stereocenters. The first kappa shape index (κ1) is 21.1. The Bertz CT molecular complexity index is 1060. The van der Waals surface area contributed by atoms with Crippen LogP contribution in [0, 0.1) is 17.8 Å². The van der Waals surface area contributed by atoms with E-state index in [-0.39, 0.29) is 5.91 Å². The third-order valence-electron chi connectivity index (χ3n) is 4.46. The SMILES string of the molecule is CNCc1ccnc2[nH]ccc12.O=CNCc1cccc(NC(=O)C#CC2CC2)c1. The normalized spacial score (nSPS) is 12.2. The number of pyridine rings is 1. The maximum atomic E-state index is 11.5. The Kier molecular flexibility index (Phi) is 7.58. The van der Waals surface area contributed by atoms with Crippen LogP contribution in [0.25, 0.3) is 11.0 Å². The summed E-state index contributed by atoms with van der Waals surface area (Å²) >= 11 is 0. The van der Waals surface area contributed by atoms with Crippen molar-refractivity contribution in [2.45, 2.75) is 25.9 Å². The van der Waals surface area contributed by atoms with Crippen LogP contribution in [0.4, 0.5) is 5.69 Å². The van der Waals surface area contributed by atoms with E-state index in [1.165, 1.54) is 10.9 Å². The molecule has 1 aliphatic carbocycles. The van der Waals surface area contributed by atoms with Gasteiger partial charge in [0, 0.05) is 42.5 Å². The van der Waals surface area contributed by atoms with Crippen molar-refractivity contribution in [3.05, 3.63) is 59.9 Å². The summed E-state index contributed by atoms with van der Waals surface area (Å²) < 4.78 is 0. The first-order chi connectivity index (χ1) is 14.7. The lowest BCUT2D eigenvalue weighted by molar-refractivity contribution is -0.111. The zero-order valence-corrected chi connectivity index (χ0v) is 16.9. The van der Waals surface area contributed by atoms with Gasteiger partial charge in [0.2, 0.25) is 6.41 Å². The molecule has 3 aromatic rings. The zero-order chi connectivity index (χ0) is 21.2. The third kappa shape index (κ3) is 6.47. The van der Waals surface area contributed by atoms with E-state index in [0.29, 0.717) is 24.6 Å². The summed E-state index contributed by atoms with van der Waals surface area (Å²) in [5.41, 5.74) is 3.86. The molecule has 1 aromatic carbocycles. The summed E-state index contributed by atoms with van der Waals surface area (Å²) in [4.78, 5) is 29.0. The van der Waals surface area contributed by atoms with E-state index >= 15 is 0 Å². The number of rotatable bonds is 6. The number of fused-ring (bicyclic) bond motifs is 1. The minimum absolute atomic E-state index is 0.289. The predicted octanol–water partition coefficient (Wildman–Crippen LogP) is 2.57. The van der Waals surface area contributed by atoms with Gasteiger partial charge in [0.15, 0.2) is 0 Å². The van der Waals surface area contributed by atoms with E-state index in [9.17, 15) is 9.59 Å². The highest BCUT2D eigenvalue weighted by molar-refractivity contribution is 6.04. The van der Waals surface area contributed by atoms with Gasteiger partial charge in [0.05, 0.1) is 0 Å². The van der Waals surface area contributed by atoms with E-state index in [2.05, 4.69) is 43.8 Å². The summed E-state index contributed by atoms with van der Waals surface area (Å²) in [7, 11) is 1.94. The lowest BCUT2D eigenvalue weighted by atomic mass is 10.2. The monoisotopic (exact) mass is 403 g/mol. The molecule has 1 saturated carbocycles. The molecule has 0 saturated heterocycles. The molecule has 4 N–H and O–H groups in total. The minimum atomic E-state index is -0.289. The van der Waals surface area contributed by atoms with Crippen LogP contribution in [0.3, 0.4) is 0 Å². The van der Waals surface area contributed by atoms with Gasteiger partial charge in [-0.25, -0.2) is 4.98 Å². The second-order valence-electron chi connectivity index (χ2n) is 6.94. The zero-order valence-electron chi connectivity index (χ0n) is 16.9. The first-order valence-electron chi connectivity index (χ1n) is 9.83. The summed E-state index contributed by atoms with van der Waals surface area (Å²) in [6.07, 6.45) is 6.59. The van der Waals surface area contributed by atoms with Crippen molar-refractivity contribution < 1.29 is 9.59 Å². The molecule has 0 radical (unpaired) electrons. The Morgan fingerprint density at radius 1 is 1.27 bits per heavy atom. The summed E-state index contributed by atoms with van der Waals surface area (Å²) in [5, 5.41) is 9.61. The molecule has 0 aliphatic heterocycles. The minimum Gasteiger partial charge on any atom is -0.355 e. The standard InChI is InChI=1S/C14H14N2O2.C9H11N3/c17-10-15-9-12-2-1-3-13(8-12)16-14(18)7-6-11-4-5-11;1-10-6-7-2-4-11-9-8(7)3-5-12-9/h1-3,8,10-11H,4-5,9H2,(H,15,17)(H,16,18);2-5,10H,6H2,1H3,(H,11,12). The van der Waals surface area contributed by atoms with Gasteiger partial charge in [-0.15, -0.1) is 0 Å². The summed E-state index contributed by atoms with van der Waals surface area (Å²) in [5.74, 6) is 5.61. The van der Waals surface area contributed by atoms with Gasteiger partial charge in [0.25, 0.3) is 5.91 Å². The second-order valence-corrected chi connectivity index (χ2v) is 6.94. The predicted molar refractivity (Wildman–Crippen MR) is 117 cm³/mol. The fourth-order valence-electron chi connectivity index (χ4n) is 2.84. The molecule has 2 heterocycles. The van der Waals surface area contributed by atoms with Crippen molar-refractivity contribution in [1.82, 2.24) is 20.6 Å². The number of amides is 2. The number of carbonyl (C=O) groups excluding carboxylic acids is 2. The third-order valence-corrected chi connectivity index (χ3v) is 4.46. The molecule has 1 aliphatic rings. The van der Waals surface area contributed by atoms with E-state index in [0.717, 1.165) is 30.6 Å². The highest BCUT2D eigenvalue weighted by Crippen LogP contribution is 2.27. The number of benzene rings is 1. The quantitative estimate of drug-likeness (QED) is 0.376. The molecule has 7 nitrogen and oxygen atoms in total. The van der Waals surface area contributed by atoms with Crippen LogP contribution in [-0.2, 0) is 22.7 Å². The fourth-order valence-corrected chi connectivity index (χ4v) is 2.84. The van der Waals surface area contributed by atoms with Crippen molar-refractivity contribution in [1.29, 1.82) is 0 Å². The number of anilines is 1. The first-order valence-corrected chi connectivity index (χ1v) is 9.83. The van der Waals surface area contributed by atoms with Gasteiger partial charge in [-0.1, -0.05) is 18.1 Å². The van der Waals surface area contributed by atoms with Gasteiger partial charge in [-0.05, 0) is 61.2 Å². The molecule has 154 valence electrons.